The highest BCUT2D eigenvalue weighted by Gasteiger charge is 2.26. The maximum Gasteiger partial charge on any atom is 0.257 e. The number of benzene rings is 2. The highest BCUT2D eigenvalue weighted by molar-refractivity contribution is 6.30. The molecule has 0 spiro atoms. The molecule has 0 radical (unpaired) electrons. The van der Waals surface area contributed by atoms with Gasteiger partial charge in [-0.1, -0.05) is 29.8 Å². The van der Waals surface area contributed by atoms with Crippen LogP contribution in [0.1, 0.15) is 16.1 Å². The Morgan fingerprint density at radius 3 is 2.56 bits per heavy atom. The predicted molar refractivity (Wildman–Crippen MR) is 130 cm³/mol. The predicted octanol–water partition coefficient (Wildman–Crippen LogP) is 4.76. The monoisotopic (exact) mass is 478 g/mol. The SMILES string of the molecule is COc1ccc(F)cc1C(=O)N1CCN(Cc2c(-c3ccc(Cl)cc3)nc3ccccn23)CC1. The van der Waals surface area contributed by atoms with Crippen molar-refractivity contribution in [3.63, 3.8) is 0 Å². The minimum atomic E-state index is -0.454. The average Bonchev–Trinajstić information content (AvgIpc) is 3.23. The van der Waals surface area contributed by atoms with Gasteiger partial charge in [-0.25, -0.2) is 9.37 Å². The Kier molecular flexibility index (Phi) is 6.22. The van der Waals surface area contributed by atoms with Gasteiger partial charge in [0.2, 0.25) is 0 Å². The number of fused-ring (bicyclic) bond motifs is 1. The van der Waals surface area contributed by atoms with Gasteiger partial charge in [0.25, 0.3) is 5.91 Å². The van der Waals surface area contributed by atoms with Crippen LogP contribution in [0.3, 0.4) is 0 Å². The van der Waals surface area contributed by atoms with Crippen molar-refractivity contribution in [3.8, 4) is 17.0 Å². The second-order valence-electron chi connectivity index (χ2n) is 8.26. The van der Waals surface area contributed by atoms with Crippen molar-refractivity contribution < 1.29 is 13.9 Å². The van der Waals surface area contributed by atoms with E-state index in [1.807, 2.05) is 48.7 Å². The summed E-state index contributed by atoms with van der Waals surface area (Å²) in [5.41, 5.74) is 4.16. The van der Waals surface area contributed by atoms with Crippen LogP contribution in [0.2, 0.25) is 5.02 Å². The molecule has 5 rings (SSSR count). The van der Waals surface area contributed by atoms with Crippen molar-refractivity contribution in [3.05, 3.63) is 89.0 Å². The Balaban J connectivity index is 1.35. The smallest absolute Gasteiger partial charge is 0.257 e. The normalized spacial score (nSPS) is 14.5. The number of methoxy groups -OCH3 is 1. The van der Waals surface area contributed by atoms with Crippen molar-refractivity contribution in [2.24, 2.45) is 0 Å². The van der Waals surface area contributed by atoms with Crippen LogP contribution in [0.25, 0.3) is 16.9 Å². The number of imidazole rings is 1. The van der Waals surface area contributed by atoms with Gasteiger partial charge in [-0.15, -0.1) is 0 Å². The molecule has 174 valence electrons. The molecule has 4 aromatic rings. The fraction of sp³-hybridized carbons (Fsp3) is 0.231. The number of carbonyl (C=O) groups is 1. The number of halogens is 2. The Bertz CT molecular complexity index is 1330. The van der Waals surface area contributed by atoms with E-state index < -0.39 is 5.82 Å². The van der Waals surface area contributed by atoms with E-state index in [4.69, 9.17) is 21.3 Å². The fourth-order valence-electron chi connectivity index (χ4n) is 4.38. The lowest BCUT2D eigenvalue weighted by Gasteiger charge is -2.35. The molecular formula is C26H24ClFN4O2. The molecule has 2 aromatic carbocycles. The molecule has 0 bridgehead atoms. The van der Waals surface area contributed by atoms with Crippen molar-refractivity contribution >= 4 is 23.2 Å². The van der Waals surface area contributed by atoms with Crippen LogP contribution in [0.5, 0.6) is 5.75 Å². The Hall–Kier alpha value is -3.42. The molecular weight excluding hydrogens is 455 g/mol. The Morgan fingerprint density at radius 1 is 1.06 bits per heavy atom. The first-order valence-corrected chi connectivity index (χ1v) is 11.5. The molecule has 3 heterocycles. The minimum Gasteiger partial charge on any atom is -0.496 e. The number of aromatic nitrogens is 2. The topological polar surface area (TPSA) is 50.1 Å². The molecule has 0 unspecified atom stereocenters. The number of piperazine rings is 1. The van der Waals surface area contributed by atoms with E-state index in [-0.39, 0.29) is 11.5 Å². The van der Waals surface area contributed by atoms with Crippen LogP contribution >= 0.6 is 11.6 Å². The third-order valence-electron chi connectivity index (χ3n) is 6.17. The summed E-state index contributed by atoms with van der Waals surface area (Å²) >= 11 is 6.09. The molecule has 1 saturated heterocycles. The standard InChI is InChI=1S/C26H24ClFN4O2/c1-34-23-10-9-20(28)16-21(23)26(33)31-14-12-30(13-15-31)17-22-25(18-5-7-19(27)8-6-18)29-24-4-2-3-11-32(22)24/h2-11,16H,12-15,17H2,1H3. The zero-order valence-electron chi connectivity index (χ0n) is 18.7. The highest BCUT2D eigenvalue weighted by Crippen LogP contribution is 2.28. The van der Waals surface area contributed by atoms with Crippen LogP contribution in [-0.4, -0.2) is 58.4 Å². The largest absolute Gasteiger partial charge is 0.496 e. The van der Waals surface area contributed by atoms with Gasteiger partial charge in [-0.05, 0) is 42.5 Å². The van der Waals surface area contributed by atoms with E-state index in [0.717, 1.165) is 22.6 Å². The van der Waals surface area contributed by atoms with E-state index in [2.05, 4.69) is 9.30 Å². The number of ether oxygens (including phenoxy) is 1. The lowest BCUT2D eigenvalue weighted by atomic mass is 10.1. The van der Waals surface area contributed by atoms with Crippen molar-refractivity contribution in [1.29, 1.82) is 0 Å². The van der Waals surface area contributed by atoms with Gasteiger partial charge in [0, 0.05) is 49.5 Å². The van der Waals surface area contributed by atoms with E-state index in [1.54, 1.807) is 4.90 Å². The first-order valence-electron chi connectivity index (χ1n) is 11.1. The van der Waals surface area contributed by atoms with Crippen LogP contribution in [0.15, 0.2) is 66.9 Å². The van der Waals surface area contributed by atoms with Crippen LogP contribution in [-0.2, 0) is 6.54 Å². The third kappa shape index (κ3) is 4.36. The van der Waals surface area contributed by atoms with Crippen molar-refractivity contribution in [2.45, 2.75) is 6.54 Å². The van der Waals surface area contributed by atoms with Gasteiger partial charge in [0.15, 0.2) is 0 Å². The lowest BCUT2D eigenvalue weighted by Crippen LogP contribution is -2.48. The molecule has 0 N–H and O–H groups in total. The summed E-state index contributed by atoms with van der Waals surface area (Å²) in [5.74, 6) is -0.287. The lowest BCUT2D eigenvalue weighted by molar-refractivity contribution is 0.0623. The van der Waals surface area contributed by atoms with Gasteiger partial charge in [-0.2, -0.15) is 0 Å². The van der Waals surface area contributed by atoms with Crippen LogP contribution in [0, 0.1) is 5.82 Å². The summed E-state index contributed by atoms with van der Waals surface area (Å²) in [6, 6.07) is 17.7. The van der Waals surface area contributed by atoms with Crippen LogP contribution < -0.4 is 4.74 Å². The zero-order chi connectivity index (χ0) is 23.7. The summed E-state index contributed by atoms with van der Waals surface area (Å²) in [5, 5.41) is 0.685. The molecule has 1 aliphatic heterocycles. The summed E-state index contributed by atoms with van der Waals surface area (Å²) in [6.45, 7) is 3.18. The molecule has 2 aromatic heterocycles. The van der Waals surface area contributed by atoms with Crippen LogP contribution in [0.4, 0.5) is 4.39 Å². The van der Waals surface area contributed by atoms with Gasteiger partial charge < -0.3 is 14.0 Å². The maximum absolute atomic E-state index is 13.8. The quantitative estimate of drug-likeness (QED) is 0.415. The fourth-order valence-corrected chi connectivity index (χ4v) is 4.50. The summed E-state index contributed by atoms with van der Waals surface area (Å²) < 4.78 is 21.1. The minimum absolute atomic E-state index is 0.215. The van der Waals surface area contributed by atoms with Gasteiger partial charge in [0.1, 0.15) is 17.2 Å². The molecule has 0 saturated carbocycles. The van der Waals surface area contributed by atoms with Gasteiger partial charge in [-0.3, -0.25) is 9.69 Å². The van der Waals surface area contributed by atoms with Crippen molar-refractivity contribution in [2.75, 3.05) is 33.3 Å². The first-order chi connectivity index (χ1) is 16.5. The number of pyridine rings is 1. The number of hydrogen-bond acceptors (Lipinski definition) is 4. The van der Waals surface area contributed by atoms with E-state index >= 15 is 0 Å². The third-order valence-corrected chi connectivity index (χ3v) is 6.42. The molecule has 0 aliphatic carbocycles. The van der Waals surface area contributed by atoms with E-state index in [0.29, 0.717) is 43.5 Å². The van der Waals surface area contributed by atoms with Gasteiger partial charge >= 0.3 is 0 Å². The molecule has 1 fully saturated rings. The second-order valence-corrected chi connectivity index (χ2v) is 8.69. The summed E-state index contributed by atoms with van der Waals surface area (Å²) in [7, 11) is 1.48. The first kappa shape index (κ1) is 22.4. The van der Waals surface area contributed by atoms with Gasteiger partial charge in [0.05, 0.1) is 24.1 Å². The molecule has 34 heavy (non-hydrogen) atoms. The number of amides is 1. The summed E-state index contributed by atoms with van der Waals surface area (Å²) in [4.78, 5) is 22.0. The Morgan fingerprint density at radius 2 is 1.82 bits per heavy atom. The Labute approximate surface area is 202 Å². The van der Waals surface area contributed by atoms with E-state index in [9.17, 15) is 9.18 Å². The molecule has 8 heteroatoms. The van der Waals surface area contributed by atoms with Crippen molar-refractivity contribution in [1.82, 2.24) is 19.2 Å². The zero-order valence-corrected chi connectivity index (χ0v) is 19.5. The highest BCUT2D eigenvalue weighted by atomic mass is 35.5. The molecule has 1 aliphatic rings. The number of rotatable bonds is 5. The maximum atomic E-state index is 13.8. The van der Waals surface area contributed by atoms with E-state index in [1.165, 1.54) is 25.3 Å². The molecule has 0 atom stereocenters. The molecule has 6 nitrogen and oxygen atoms in total. The molecule has 1 amide bonds. The summed E-state index contributed by atoms with van der Waals surface area (Å²) in [6.07, 6.45) is 2.02. The average molecular weight is 479 g/mol. The number of nitrogens with zero attached hydrogens (tertiary/aromatic N) is 4. The number of hydrogen-bond donors (Lipinski definition) is 0. The second kappa shape index (κ2) is 9.44. The number of carbonyl (C=O) groups excluding carboxylic acids is 1.